The Kier molecular flexibility index (Phi) is 7.07. The molecule has 2 rings (SSSR count). The van der Waals surface area contributed by atoms with Crippen LogP contribution in [-0.2, 0) is 14.3 Å². The zero-order valence-corrected chi connectivity index (χ0v) is 17.3. The molecule has 1 atom stereocenters. The zero-order chi connectivity index (χ0) is 21.6. The molecule has 1 amide bonds. The molecule has 29 heavy (non-hydrogen) atoms. The van der Waals surface area contributed by atoms with Gasteiger partial charge in [-0.05, 0) is 45.9 Å². The van der Waals surface area contributed by atoms with Gasteiger partial charge < -0.3 is 9.47 Å². The number of benzene rings is 1. The van der Waals surface area contributed by atoms with E-state index in [0.717, 1.165) is 0 Å². The molecule has 0 spiro atoms. The Balaban J connectivity index is 1.98. The third-order valence-electron chi connectivity index (χ3n) is 3.42. The van der Waals surface area contributed by atoms with Crippen LogP contribution in [0.25, 0.3) is 0 Å². The molecule has 0 aliphatic carbocycles. The molecule has 0 radical (unpaired) electrons. The molecule has 0 saturated heterocycles. The smallest absolute Gasteiger partial charge is 0.412 e. The summed E-state index contributed by atoms with van der Waals surface area (Å²) in [5.41, 5.74) is 0.538. The predicted molar refractivity (Wildman–Crippen MR) is 107 cm³/mol. The molecule has 0 fully saturated rings. The summed E-state index contributed by atoms with van der Waals surface area (Å²) in [5.74, 6) is -2.39. The average Bonchev–Trinajstić information content (AvgIpc) is 3.04. The van der Waals surface area contributed by atoms with Crippen molar-refractivity contribution in [1.82, 2.24) is 4.98 Å². The molecule has 1 aromatic carbocycles. The Hall–Kier alpha value is -3.25. The molecular weight excluding hydrogens is 394 g/mol. The van der Waals surface area contributed by atoms with Gasteiger partial charge in [0.15, 0.2) is 18.3 Å². The second-order valence-electron chi connectivity index (χ2n) is 7.14. The van der Waals surface area contributed by atoms with Gasteiger partial charge in [-0.2, -0.15) is 5.26 Å². The number of ether oxygens (including phenoxy) is 2. The second-order valence-corrected chi connectivity index (χ2v) is 8.03. The molecule has 0 aliphatic heterocycles. The number of rotatable bonds is 6. The van der Waals surface area contributed by atoms with E-state index < -0.39 is 36.0 Å². The van der Waals surface area contributed by atoms with Gasteiger partial charge in [0.2, 0.25) is 0 Å². The van der Waals surface area contributed by atoms with E-state index in [4.69, 9.17) is 9.47 Å². The van der Waals surface area contributed by atoms with Gasteiger partial charge in [-0.15, -0.1) is 11.3 Å². The van der Waals surface area contributed by atoms with Crippen LogP contribution in [0.1, 0.15) is 47.7 Å². The van der Waals surface area contributed by atoms with Gasteiger partial charge in [-0.1, -0.05) is 6.07 Å². The van der Waals surface area contributed by atoms with E-state index in [1.165, 1.54) is 23.5 Å². The van der Waals surface area contributed by atoms with Crippen LogP contribution in [0.2, 0.25) is 0 Å². The lowest BCUT2D eigenvalue weighted by Gasteiger charge is -2.19. The molecule has 152 valence electrons. The molecular formula is C20H21N3O5S. The second kappa shape index (κ2) is 9.30. The number of aryl methyl sites for hydroxylation is 1. The maximum absolute atomic E-state index is 12.3. The van der Waals surface area contributed by atoms with Crippen molar-refractivity contribution >= 4 is 34.9 Å². The summed E-state index contributed by atoms with van der Waals surface area (Å²) in [6, 6.07) is 7.92. The molecule has 9 heteroatoms. The first-order valence-electron chi connectivity index (χ1n) is 8.70. The fourth-order valence-corrected chi connectivity index (χ4v) is 3.08. The van der Waals surface area contributed by atoms with Crippen LogP contribution in [0.3, 0.4) is 0 Å². The number of carbonyl (C=O) groups is 3. The molecule has 2 aromatic rings. The van der Waals surface area contributed by atoms with Crippen LogP contribution in [0.15, 0.2) is 29.6 Å². The number of nitriles is 1. The van der Waals surface area contributed by atoms with Crippen LogP contribution in [0, 0.1) is 18.3 Å². The SMILES string of the molecule is Cc1csc([C@@H](C#N)C(=O)COC(=O)c2cccc(NC(=O)OC(C)(C)C)c2)n1. The topological polar surface area (TPSA) is 118 Å². The normalized spacial score (nSPS) is 11.8. The Morgan fingerprint density at radius 1 is 1.31 bits per heavy atom. The first-order valence-corrected chi connectivity index (χ1v) is 9.58. The van der Waals surface area contributed by atoms with Crippen molar-refractivity contribution in [2.75, 3.05) is 11.9 Å². The fourth-order valence-electron chi connectivity index (χ4n) is 2.22. The summed E-state index contributed by atoms with van der Waals surface area (Å²) < 4.78 is 10.2. The lowest BCUT2D eigenvalue weighted by molar-refractivity contribution is -0.122. The zero-order valence-electron chi connectivity index (χ0n) is 16.5. The van der Waals surface area contributed by atoms with Gasteiger partial charge in [0.25, 0.3) is 0 Å². The van der Waals surface area contributed by atoms with Gasteiger partial charge in [-0.3, -0.25) is 10.1 Å². The van der Waals surface area contributed by atoms with Crippen molar-refractivity contribution in [3.63, 3.8) is 0 Å². The largest absolute Gasteiger partial charge is 0.454 e. The number of Topliss-reactive ketones (excluding diaryl/α,β-unsaturated/α-hetero) is 1. The van der Waals surface area contributed by atoms with E-state index in [0.29, 0.717) is 16.4 Å². The van der Waals surface area contributed by atoms with Crippen LogP contribution < -0.4 is 5.32 Å². The van der Waals surface area contributed by atoms with Crippen LogP contribution in [0.5, 0.6) is 0 Å². The van der Waals surface area contributed by atoms with Gasteiger partial charge in [0.05, 0.1) is 11.6 Å². The predicted octanol–water partition coefficient (Wildman–Crippen LogP) is 3.83. The monoisotopic (exact) mass is 415 g/mol. The Morgan fingerprint density at radius 3 is 2.62 bits per heavy atom. The lowest BCUT2D eigenvalue weighted by Crippen LogP contribution is -2.27. The van der Waals surface area contributed by atoms with Gasteiger partial charge in [-0.25, -0.2) is 14.6 Å². The maximum atomic E-state index is 12.3. The van der Waals surface area contributed by atoms with E-state index in [9.17, 15) is 19.6 Å². The van der Waals surface area contributed by atoms with Crippen LogP contribution >= 0.6 is 11.3 Å². The number of amides is 1. The molecule has 0 bridgehead atoms. The van der Waals surface area contributed by atoms with E-state index in [1.54, 1.807) is 45.2 Å². The highest BCUT2D eigenvalue weighted by Gasteiger charge is 2.25. The number of carbonyl (C=O) groups excluding carboxylic acids is 3. The van der Waals surface area contributed by atoms with Crippen LogP contribution in [0.4, 0.5) is 10.5 Å². The minimum atomic E-state index is -1.08. The summed E-state index contributed by atoms with van der Waals surface area (Å²) in [6.07, 6.45) is -0.659. The number of ketones is 1. The van der Waals surface area contributed by atoms with Crippen molar-refractivity contribution < 1.29 is 23.9 Å². The third-order valence-corrected chi connectivity index (χ3v) is 4.45. The van der Waals surface area contributed by atoms with E-state index in [2.05, 4.69) is 10.3 Å². The molecule has 1 aromatic heterocycles. The number of thiazole rings is 1. The number of esters is 1. The quantitative estimate of drug-likeness (QED) is 0.712. The van der Waals surface area contributed by atoms with E-state index in [-0.39, 0.29) is 5.56 Å². The van der Waals surface area contributed by atoms with Crippen molar-refractivity contribution in [3.05, 3.63) is 45.9 Å². The number of hydrogen-bond donors (Lipinski definition) is 1. The number of hydrogen-bond acceptors (Lipinski definition) is 8. The highest BCUT2D eigenvalue weighted by molar-refractivity contribution is 7.09. The highest BCUT2D eigenvalue weighted by atomic mass is 32.1. The lowest BCUT2D eigenvalue weighted by atomic mass is 10.1. The molecule has 0 saturated carbocycles. The summed E-state index contributed by atoms with van der Waals surface area (Å²) in [7, 11) is 0. The minimum absolute atomic E-state index is 0.143. The van der Waals surface area contributed by atoms with Crippen LogP contribution in [-0.4, -0.2) is 35.0 Å². The van der Waals surface area contributed by atoms with E-state index >= 15 is 0 Å². The summed E-state index contributed by atoms with van der Waals surface area (Å²) in [4.78, 5) is 40.5. The minimum Gasteiger partial charge on any atom is -0.454 e. The van der Waals surface area contributed by atoms with E-state index in [1.807, 2.05) is 6.07 Å². The first-order chi connectivity index (χ1) is 13.6. The van der Waals surface area contributed by atoms with Crippen molar-refractivity contribution in [1.29, 1.82) is 5.26 Å². The summed E-state index contributed by atoms with van der Waals surface area (Å²) >= 11 is 1.21. The maximum Gasteiger partial charge on any atom is 0.412 e. The number of anilines is 1. The fraction of sp³-hybridized carbons (Fsp3) is 0.350. The highest BCUT2D eigenvalue weighted by Crippen LogP contribution is 2.21. The summed E-state index contributed by atoms with van der Waals surface area (Å²) in [6.45, 7) is 6.41. The first kappa shape index (κ1) is 22.0. The average molecular weight is 415 g/mol. The molecule has 1 heterocycles. The molecule has 8 nitrogen and oxygen atoms in total. The number of aromatic nitrogens is 1. The van der Waals surface area contributed by atoms with Crippen molar-refractivity contribution in [2.45, 2.75) is 39.2 Å². The molecule has 0 unspecified atom stereocenters. The molecule has 1 N–H and O–H groups in total. The Bertz CT molecular complexity index is 956. The Morgan fingerprint density at radius 2 is 2.03 bits per heavy atom. The van der Waals surface area contributed by atoms with Gasteiger partial charge in [0, 0.05) is 16.8 Å². The summed E-state index contributed by atoms with van der Waals surface area (Å²) in [5, 5.41) is 13.9. The van der Waals surface area contributed by atoms with Crippen molar-refractivity contribution in [3.8, 4) is 6.07 Å². The van der Waals surface area contributed by atoms with Gasteiger partial charge >= 0.3 is 12.1 Å². The van der Waals surface area contributed by atoms with Crippen molar-refractivity contribution in [2.24, 2.45) is 0 Å². The number of nitrogens with one attached hydrogen (secondary N) is 1. The standard InChI is InChI=1S/C20H21N3O5S/c1-12-11-29-17(22-12)15(9-21)16(24)10-27-18(25)13-6-5-7-14(8-13)23-19(26)28-20(2,3)4/h5-8,11,15H,10H2,1-4H3,(H,23,26)/t15-/m0/s1. The number of nitrogens with zero attached hydrogens (tertiary/aromatic N) is 2. The Labute approximate surface area is 172 Å². The van der Waals surface area contributed by atoms with Gasteiger partial charge in [0.1, 0.15) is 10.6 Å². The third kappa shape index (κ3) is 6.69. The molecule has 0 aliphatic rings.